The van der Waals surface area contributed by atoms with Crippen LogP contribution in [0.4, 0.5) is 0 Å². The van der Waals surface area contributed by atoms with Gasteiger partial charge >= 0.3 is 0 Å². The van der Waals surface area contributed by atoms with Gasteiger partial charge in [0.1, 0.15) is 0 Å². The Morgan fingerprint density at radius 2 is 1.50 bits per heavy atom. The number of benzene rings is 1. The van der Waals surface area contributed by atoms with Gasteiger partial charge in [-0.1, -0.05) is 17.7 Å². The van der Waals surface area contributed by atoms with Gasteiger partial charge in [-0.25, -0.2) is 0 Å². The van der Waals surface area contributed by atoms with Crippen LogP contribution in [-0.2, 0) is 9.59 Å². The molecule has 3 rings (SSSR count). The van der Waals surface area contributed by atoms with E-state index >= 15 is 0 Å². The fourth-order valence-electron chi connectivity index (χ4n) is 3.46. The molecular formula is C17H20N2O3. The normalized spacial score (nSPS) is 18.9. The zero-order valence-electron chi connectivity index (χ0n) is 13.2. The third kappa shape index (κ3) is 2.30. The summed E-state index contributed by atoms with van der Waals surface area (Å²) in [5.74, 6) is -0.222. The number of carbonyl (C=O) groups excluding carboxylic acids is 3. The van der Waals surface area contributed by atoms with Gasteiger partial charge < -0.3 is 4.90 Å². The molecule has 2 aliphatic heterocycles. The van der Waals surface area contributed by atoms with Crippen LogP contribution < -0.4 is 0 Å². The molecule has 1 aromatic carbocycles. The van der Waals surface area contributed by atoms with E-state index in [2.05, 4.69) is 0 Å². The van der Waals surface area contributed by atoms with Crippen LogP contribution in [0.25, 0.3) is 0 Å². The lowest BCUT2D eigenvalue weighted by molar-refractivity contribution is -0.144. The van der Waals surface area contributed by atoms with Crippen molar-refractivity contribution >= 4 is 17.7 Å². The largest absolute Gasteiger partial charge is 0.334 e. The van der Waals surface area contributed by atoms with Crippen molar-refractivity contribution in [3.05, 3.63) is 34.4 Å². The van der Waals surface area contributed by atoms with Crippen molar-refractivity contribution in [2.24, 2.45) is 0 Å². The van der Waals surface area contributed by atoms with Gasteiger partial charge in [0.05, 0.1) is 6.04 Å². The van der Waals surface area contributed by atoms with Gasteiger partial charge in [-0.2, -0.15) is 0 Å². The van der Waals surface area contributed by atoms with Gasteiger partial charge in [-0.3, -0.25) is 19.3 Å². The lowest BCUT2D eigenvalue weighted by Crippen LogP contribution is -2.62. The van der Waals surface area contributed by atoms with Crippen LogP contribution in [0.15, 0.2) is 12.1 Å². The second-order valence-corrected chi connectivity index (χ2v) is 6.30. The predicted octanol–water partition coefficient (Wildman–Crippen LogP) is 1.59. The van der Waals surface area contributed by atoms with Gasteiger partial charge in [0.2, 0.25) is 11.8 Å². The second-order valence-electron chi connectivity index (χ2n) is 6.30. The van der Waals surface area contributed by atoms with Gasteiger partial charge in [0, 0.05) is 31.5 Å². The van der Waals surface area contributed by atoms with Crippen molar-refractivity contribution in [2.75, 3.05) is 13.1 Å². The molecule has 3 amide bonds. The third-order valence-electron chi connectivity index (χ3n) is 4.50. The molecule has 5 nitrogen and oxygen atoms in total. The molecule has 5 heteroatoms. The van der Waals surface area contributed by atoms with Crippen LogP contribution in [0.2, 0.25) is 0 Å². The molecule has 0 bridgehead atoms. The lowest BCUT2D eigenvalue weighted by atomic mass is 9.96. The number of rotatable bonds is 2. The first-order chi connectivity index (χ1) is 10.4. The predicted molar refractivity (Wildman–Crippen MR) is 81.4 cm³/mol. The highest BCUT2D eigenvalue weighted by Gasteiger charge is 2.43. The molecule has 1 aromatic rings. The standard InChI is InChI=1S/C17H20N2O3/c1-10-6-11(2)16(12(3)7-10)17(22)18-8-13(9-18)19-14(20)4-5-15(19)21/h6-7,13H,4-5,8-9H2,1-3H3. The third-order valence-corrected chi connectivity index (χ3v) is 4.50. The summed E-state index contributed by atoms with van der Waals surface area (Å²) < 4.78 is 0. The second kappa shape index (κ2) is 5.23. The first-order valence-electron chi connectivity index (χ1n) is 7.60. The van der Waals surface area contributed by atoms with E-state index in [1.54, 1.807) is 4.90 Å². The quantitative estimate of drug-likeness (QED) is 0.779. The highest BCUT2D eigenvalue weighted by molar-refractivity contribution is 6.03. The van der Waals surface area contributed by atoms with E-state index in [4.69, 9.17) is 0 Å². The molecule has 0 aromatic heterocycles. The van der Waals surface area contributed by atoms with E-state index in [1.807, 2.05) is 32.9 Å². The molecule has 0 radical (unpaired) electrons. The Morgan fingerprint density at radius 3 is 2.00 bits per heavy atom. The van der Waals surface area contributed by atoms with Crippen LogP contribution in [0, 0.1) is 20.8 Å². The molecule has 0 unspecified atom stereocenters. The minimum absolute atomic E-state index is 0.00894. The zero-order valence-corrected chi connectivity index (χ0v) is 13.2. The first-order valence-corrected chi connectivity index (χ1v) is 7.60. The number of hydrogen-bond donors (Lipinski definition) is 0. The van der Waals surface area contributed by atoms with Gasteiger partial charge in [-0.15, -0.1) is 0 Å². The molecule has 2 saturated heterocycles. The van der Waals surface area contributed by atoms with Gasteiger partial charge in [-0.05, 0) is 31.9 Å². The Hall–Kier alpha value is -2.17. The fourth-order valence-corrected chi connectivity index (χ4v) is 3.46. The number of carbonyl (C=O) groups is 3. The molecule has 0 aliphatic carbocycles. The first kappa shape index (κ1) is 14.8. The molecular weight excluding hydrogens is 280 g/mol. The summed E-state index contributed by atoms with van der Waals surface area (Å²) in [6.07, 6.45) is 0.610. The van der Waals surface area contributed by atoms with Crippen molar-refractivity contribution in [2.45, 2.75) is 39.7 Å². The smallest absolute Gasteiger partial charge is 0.254 e. The van der Waals surface area contributed by atoms with E-state index in [-0.39, 0.29) is 23.8 Å². The minimum Gasteiger partial charge on any atom is -0.334 e. The molecule has 2 fully saturated rings. The van der Waals surface area contributed by atoms with Crippen molar-refractivity contribution in [1.82, 2.24) is 9.80 Å². The van der Waals surface area contributed by atoms with Crippen molar-refractivity contribution in [3.63, 3.8) is 0 Å². The average Bonchev–Trinajstić information content (AvgIpc) is 2.67. The molecule has 2 aliphatic rings. The van der Waals surface area contributed by atoms with Crippen LogP contribution in [0.3, 0.4) is 0 Å². The SMILES string of the molecule is Cc1cc(C)c(C(=O)N2CC(N3C(=O)CCC3=O)C2)c(C)c1. The molecule has 0 N–H and O–H groups in total. The van der Waals surface area contributed by atoms with Crippen LogP contribution in [-0.4, -0.2) is 46.7 Å². The number of aryl methyl sites for hydroxylation is 3. The maximum Gasteiger partial charge on any atom is 0.254 e. The van der Waals surface area contributed by atoms with Crippen molar-refractivity contribution in [1.29, 1.82) is 0 Å². The summed E-state index contributed by atoms with van der Waals surface area (Å²) in [5.41, 5.74) is 3.82. The summed E-state index contributed by atoms with van der Waals surface area (Å²) >= 11 is 0. The van der Waals surface area contributed by atoms with Crippen molar-refractivity contribution in [3.8, 4) is 0 Å². The Bertz CT molecular complexity index is 635. The maximum atomic E-state index is 12.6. The number of hydrogen-bond acceptors (Lipinski definition) is 3. The summed E-state index contributed by atoms with van der Waals surface area (Å²) in [4.78, 5) is 39.1. The van der Waals surface area contributed by atoms with E-state index in [0.717, 1.165) is 22.3 Å². The highest BCUT2D eigenvalue weighted by Crippen LogP contribution is 2.26. The number of imide groups is 1. The van der Waals surface area contributed by atoms with E-state index in [1.165, 1.54) is 4.90 Å². The Kier molecular flexibility index (Phi) is 3.51. The van der Waals surface area contributed by atoms with E-state index < -0.39 is 0 Å². The monoisotopic (exact) mass is 300 g/mol. The molecule has 22 heavy (non-hydrogen) atoms. The van der Waals surface area contributed by atoms with Gasteiger partial charge in [0.25, 0.3) is 5.91 Å². The molecule has 116 valence electrons. The van der Waals surface area contributed by atoms with Gasteiger partial charge in [0.15, 0.2) is 0 Å². The molecule has 0 atom stereocenters. The number of likely N-dealkylation sites (tertiary alicyclic amines) is 2. The molecule has 0 spiro atoms. The highest BCUT2D eigenvalue weighted by atomic mass is 16.2. The average molecular weight is 300 g/mol. The number of nitrogens with zero attached hydrogens (tertiary/aromatic N) is 2. The number of amides is 3. The van der Waals surface area contributed by atoms with E-state index in [9.17, 15) is 14.4 Å². The van der Waals surface area contributed by atoms with Crippen LogP contribution >= 0.6 is 0 Å². The Labute approximate surface area is 129 Å². The van der Waals surface area contributed by atoms with Crippen LogP contribution in [0.1, 0.15) is 39.9 Å². The van der Waals surface area contributed by atoms with E-state index in [0.29, 0.717) is 25.9 Å². The summed E-state index contributed by atoms with van der Waals surface area (Å²) in [7, 11) is 0. The summed E-state index contributed by atoms with van der Waals surface area (Å²) in [5, 5.41) is 0. The topological polar surface area (TPSA) is 57.7 Å². The summed E-state index contributed by atoms with van der Waals surface area (Å²) in [6.45, 7) is 6.79. The lowest BCUT2D eigenvalue weighted by Gasteiger charge is -2.43. The minimum atomic E-state index is -0.141. The van der Waals surface area contributed by atoms with Crippen LogP contribution in [0.5, 0.6) is 0 Å². The zero-order chi connectivity index (χ0) is 16.0. The fraction of sp³-hybridized carbons (Fsp3) is 0.471. The van der Waals surface area contributed by atoms with Crippen molar-refractivity contribution < 1.29 is 14.4 Å². The summed E-state index contributed by atoms with van der Waals surface area (Å²) in [6, 6.07) is 3.87. The Balaban J connectivity index is 1.72. The maximum absolute atomic E-state index is 12.6. The molecule has 0 saturated carbocycles. The Morgan fingerprint density at radius 1 is 1.00 bits per heavy atom. The molecule has 2 heterocycles.